The number of benzene rings is 1. The van der Waals surface area contributed by atoms with Crippen molar-refractivity contribution in [3.8, 4) is 11.5 Å². The molecule has 0 saturated heterocycles. The highest BCUT2D eigenvalue weighted by Gasteiger charge is 2.36. The summed E-state index contributed by atoms with van der Waals surface area (Å²) in [6.07, 6.45) is 8.13. The molecule has 0 spiro atoms. The van der Waals surface area contributed by atoms with Gasteiger partial charge < -0.3 is 14.9 Å². The number of fused-ring (bicyclic) bond motifs is 2. The van der Waals surface area contributed by atoms with Crippen LogP contribution in [0.4, 0.5) is 0 Å². The van der Waals surface area contributed by atoms with E-state index in [1.54, 1.807) is 13.0 Å². The molecule has 0 bridgehead atoms. The molecule has 2 N–H and O–H groups in total. The summed E-state index contributed by atoms with van der Waals surface area (Å²) in [5.41, 5.74) is -0.104. The Morgan fingerprint density at radius 3 is 2.68 bits per heavy atom. The van der Waals surface area contributed by atoms with E-state index in [2.05, 4.69) is 0 Å². The summed E-state index contributed by atoms with van der Waals surface area (Å²) < 4.78 is 5.44. The Morgan fingerprint density at radius 2 is 1.92 bits per heavy atom. The van der Waals surface area contributed by atoms with Crippen molar-refractivity contribution in [3.63, 3.8) is 0 Å². The third kappa shape index (κ3) is 3.87. The number of cyclic esters (lactones) is 1. The maximum Gasteiger partial charge on any atom is 0.342 e. The van der Waals surface area contributed by atoms with Crippen molar-refractivity contribution in [1.82, 2.24) is 0 Å². The van der Waals surface area contributed by atoms with Crippen LogP contribution in [0.5, 0.6) is 11.5 Å². The van der Waals surface area contributed by atoms with Crippen LogP contribution in [-0.2, 0) is 16.0 Å². The number of esters is 1. The normalized spacial score (nSPS) is 29.0. The molecule has 0 aromatic heterocycles. The molecule has 3 atom stereocenters. The molecule has 1 unspecified atom stereocenters. The summed E-state index contributed by atoms with van der Waals surface area (Å²) in [5, 5.41) is 19.8. The van der Waals surface area contributed by atoms with Gasteiger partial charge in [0.1, 0.15) is 17.1 Å². The summed E-state index contributed by atoms with van der Waals surface area (Å²) in [6, 6.07) is 0.982. The molecule has 1 aliphatic heterocycles. The first-order valence-electron chi connectivity index (χ1n) is 8.18. The van der Waals surface area contributed by atoms with Crippen LogP contribution in [0.15, 0.2) is 30.4 Å². The molecule has 1 aromatic carbocycles. The first kappa shape index (κ1) is 17.5. The Labute approximate surface area is 150 Å². The van der Waals surface area contributed by atoms with Crippen LogP contribution in [0.2, 0.25) is 5.02 Å². The van der Waals surface area contributed by atoms with Crippen molar-refractivity contribution in [3.05, 3.63) is 46.5 Å². The number of ketones is 1. The summed E-state index contributed by atoms with van der Waals surface area (Å²) in [5.74, 6) is -1.01. The lowest BCUT2D eigenvalue weighted by Gasteiger charge is -2.17. The molecule has 132 valence electrons. The van der Waals surface area contributed by atoms with E-state index in [1.165, 1.54) is 6.08 Å². The minimum absolute atomic E-state index is 0.0661. The third-order valence-electron chi connectivity index (χ3n) is 4.55. The van der Waals surface area contributed by atoms with Crippen LogP contribution >= 0.6 is 11.6 Å². The quantitative estimate of drug-likeness (QED) is 0.689. The van der Waals surface area contributed by atoms with Crippen LogP contribution in [0.25, 0.3) is 0 Å². The van der Waals surface area contributed by atoms with Crippen LogP contribution in [-0.4, -0.2) is 28.1 Å². The molecule has 0 radical (unpaired) electrons. The predicted octanol–water partition coefficient (Wildman–Crippen LogP) is 3.56. The van der Waals surface area contributed by atoms with Crippen LogP contribution in [0.3, 0.4) is 0 Å². The zero-order chi connectivity index (χ0) is 18.1. The molecule has 2 aliphatic rings. The van der Waals surface area contributed by atoms with Gasteiger partial charge in [0.25, 0.3) is 0 Å². The van der Waals surface area contributed by atoms with Gasteiger partial charge in [0.05, 0.1) is 11.1 Å². The van der Waals surface area contributed by atoms with E-state index in [0.29, 0.717) is 11.8 Å². The number of carbonyl (C=O) groups is 2. The first-order chi connectivity index (χ1) is 11.9. The molecule has 1 aliphatic carbocycles. The number of carbonyl (C=O) groups excluding carboxylic acids is 2. The lowest BCUT2D eigenvalue weighted by atomic mass is 10.00. The van der Waals surface area contributed by atoms with Crippen molar-refractivity contribution in [2.45, 2.75) is 32.3 Å². The second kappa shape index (κ2) is 6.92. The molecule has 5 nitrogen and oxygen atoms in total. The number of hydrogen-bond acceptors (Lipinski definition) is 5. The van der Waals surface area contributed by atoms with Gasteiger partial charge in [-0.05, 0) is 37.7 Å². The van der Waals surface area contributed by atoms with Gasteiger partial charge in [-0.15, -0.1) is 0 Å². The van der Waals surface area contributed by atoms with E-state index in [4.69, 9.17) is 16.3 Å². The molecular weight excluding hydrogens is 344 g/mol. The molecule has 25 heavy (non-hydrogen) atoms. The SMILES string of the molecule is C[C@@H]1CC2C[C@@H]2/C=C\C=C\C(=O)Cc2c(Cl)c(O)cc(O)c2C(=O)O1. The van der Waals surface area contributed by atoms with E-state index in [9.17, 15) is 19.8 Å². The average Bonchev–Trinajstić information content (AvgIpc) is 3.25. The summed E-state index contributed by atoms with van der Waals surface area (Å²) in [6.45, 7) is 1.80. The third-order valence-corrected chi connectivity index (χ3v) is 4.97. The Hall–Kier alpha value is -2.27. The number of ether oxygens (including phenoxy) is 1. The number of allylic oxidation sites excluding steroid dienone is 4. The molecule has 3 rings (SSSR count). The topological polar surface area (TPSA) is 83.8 Å². The fraction of sp³-hybridized carbons (Fsp3) is 0.368. The van der Waals surface area contributed by atoms with Gasteiger partial charge in [0.15, 0.2) is 5.78 Å². The Morgan fingerprint density at radius 1 is 1.16 bits per heavy atom. The van der Waals surface area contributed by atoms with Gasteiger partial charge in [-0.2, -0.15) is 0 Å². The van der Waals surface area contributed by atoms with E-state index < -0.39 is 17.5 Å². The highest BCUT2D eigenvalue weighted by atomic mass is 35.5. The highest BCUT2D eigenvalue weighted by Crippen LogP contribution is 2.44. The number of hydrogen-bond donors (Lipinski definition) is 2. The van der Waals surface area contributed by atoms with Crippen molar-refractivity contribution < 1.29 is 24.5 Å². The maximum atomic E-state index is 12.5. The van der Waals surface area contributed by atoms with Crippen molar-refractivity contribution in [1.29, 1.82) is 0 Å². The highest BCUT2D eigenvalue weighted by molar-refractivity contribution is 6.33. The van der Waals surface area contributed by atoms with E-state index in [1.807, 2.05) is 12.2 Å². The summed E-state index contributed by atoms with van der Waals surface area (Å²) >= 11 is 6.07. The van der Waals surface area contributed by atoms with Gasteiger partial charge >= 0.3 is 5.97 Å². The summed E-state index contributed by atoms with van der Waals surface area (Å²) in [7, 11) is 0. The average molecular weight is 363 g/mol. The van der Waals surface area contributed by atoms with Crippen molar-refractivity contribution >= 4 is 23.4 Å². The number of phenols is 2. The molecule has 1 aromatic rings. The van der Waals surface area contributed by atoms with Crippen LogP contribution in [0.1, 0.15) is 35.7 Å². The number of rotatable bonds is 0. The molecule has 1 fully saturated rings. The van der Waals surface area contributed by atoms with E-state index in [-0.39, 0.29) is 34.5 Å². The van der Waals surface area contributed by atoms with Gasteiger partial charge in [0.2, 0.25) is 0 Å². The molecule has 1 saturated carbocycles. The van der Waals surface area contributed by atoms with Crippen molar-refractivity contribution in [2.24, 2.45) is 11.8 Å². The fourth-order valence-electron chi connectivity index (χ4n) is 3.17. The van der Waals surface area contributed by atoms with Gasteiger partial charge in [-0.1, -0.05) is 29.8 Å². The van der Waals surface area contributed by atoms with Crippen LogP contribution in [0, 0.1) is 11.8 Å². The lowest BCUT2D eigenvalue weighted by Crippen LogP contribution is -2.18. The maximum absolute atomic E-state index is 12.5. The fourth-order valence-corrected chi connectivity index (χ4v) is 3.39. The number of halogens is 1. The van der Waals surface area contributed by atoms with Gasteiger partial charge in [0, 0.05) is 18.1 Å². The Bertz CT molecular complexity index is 781. The van der Waals surface area contributed by atoms with E-state index >= 15 is 0 Å². The van der Waals surface area contributed by atoms with E-state index in [0.717, 1.165) is 18.9 Å². The molecule has 0 amide bonds. The molecule has 6 heteroatoms. The zero-order valence-electron chi connectivity index (χ0n) is 13.7. The second-order valence-electron chi connectivity index (χ2n) is 6.58. The standard InChI is InChI=1S/C19H19ClO5/c1-10-6-12-7-11(12)4-2-3-5-13(21)8-14-17(19(24)25-10)15(22)9-16(23)18(14)20/h2-5,9-12,22-23H,6-8H2,1H3/b4-2-,5-3+/t10-,11+,12?/m1/s1. The minimum atomic E-state index is -0.747. The largest absolute Gasteiger partial charge is 0.507 e. The second-order valence-corrected chi connectivity index (χ2v) is 6.96. The number of aromatic hydroxyl groups is 2. The number of phenolic OH excluding ortho intramolecular Hbond substituents is 2. The van der Waals surface area contributed by atoms with Gasteiger partial charge in [-0.25, -0.2) is 4.79 Å². The predicted molar refractivity (Wildman–Crippen MR) is 92.9 cm³/mol. The smallest absolute Gasteiger partial charge is 0.342 e. The Kier molecular flexibility index (Phi) is 4.86. The van der Waals surface area contributed by atoms with Gasteiger partial charge in [-0.3, -0.25) is 4.79 Å². The molecule has 1 heterocycles. The van der Waals surface area contributed by atoms with Crippen molar-refractivity contribution in [2.75, 3.05) is 0 Å². The van der Waals surface area contributed by atoms with Crippen LogP contribution < -0.4 is 0 Å². The monoisotopic (exact) mass is 362 g/mol. The summed E-state index contributed by atoms with van der Waals surface area (Å²) in [4.78, 5) is 24.7. The lowest BCUT2D eigenvalue weighted by molar-refractivity contribution is -0.114. The molecular formula is C19H19ClO5. The zero-order valence-corrected chi connectivity index (χ0v) is 14.5. The Balaban J connectivity index is 2.01. The minimum Gasteiger partial charge on any atom is -0.507 e. The first-order valence-corrected chi connectivity index (χ1v) is 8.56.